The number of carbonyl (C=O) groups excluding carboxylic acids is 2. The molecule has 3 heterocycles. The lowest BCUT2D eigenvalue weighted by molar-refractivity contribution is -0.142. The van der Waals surface area contributed by atoms with Gasteiger partial charge in [-0.2, -0.15) is 0 Å². The highest BCUT2D eigenvalue weighted by Crippen LogP contribution is 2.31. The number of nitrogens with zero attached hydrogens (tertiary/aromatic N) is 2. The van der Waals surface area contributed by atoms with Crippen molar-refractivity contribution in [2.75, 3.05) is 53.0 Å². The summed E-state index contributed by atoms with van der Waals surface area (Å²) in [6, 6.07) is 0. The highest BCUT2D eigenvalue weighted by Gasteiger charge is 2.40. The summed E-state index contributed by atoms with van der Waals surface area (Å²) in [5.41, 5.74) is -0.220. The molecule has 0 radical (unpaired) electrons. The number of rotatable bonds is 6. The fourth-order valence-electron chi connectivity index (χ4n) is 4.04. The standard InChI is InChI=1S/C18H30N2O5/c1-23-11-2-8-20-14-18(24-12-5-16(20)21)6-9-19(10-7-18)13-15-3-4-17(22)25-15/h15H,2-14H2,1H3. The lowest BCUT2D eigenvalue weighted by Gasteiger charge is -2.43. The molecule has 3 aliphatic heterocycles. The van der Waals surface area contributed by atoms with Crippen molar-refractivity contribution in [3.63, 3.8) is 0 Å². The molecule has 7 nitrogen and oxygen atoms in total. The van der Waals surface area contributed by atoms with E-state index in [9.17, 15) is 9.59 Å². The predicted molar refractivity (Wildman–Crippen MR) is 91.2 cm³/mol. The Bertz CT molecular complexity index is 476. The normalized spacial score (nSPS) is 27.6. The van der Waals surface area contributed by atoms with Gasteiger partial charge in [0.25, 0.3) is 0 Å². The lowest BCUT2D eigenvalue weighted by atomic mass is 9.90. The van der Waals surface area contributed by atoms with E-state index in [0.717, 1.165) is 51.9 Å². The average molecular weight is 354 g/mol. The van der Waals surface area contributed by atoms with Crippen molar-refractivity contribution < 1.29 is 23.8 Å². The number of hydrogen-bond acceptors (Lipinski definition) is 6. The van der Waals surface area contributed by atoms with Crippen LogP contribution in [0.3, 0.4) is 0 Å². The SMILES string of the molecule is COCCCN1CC2(CCN(CC3CCC(=O)O3)CC2)OCCC1=O. The van der Waals surface area contributed by atoms with E-state index >= 15 is 0 Å². The smallest absolute Gasteiger partial charge is 0.306 e. The van der Waals surface area contributed by atoms with Gasteiger partial charge in [-0.05, 0) is 25.7 Å². The van der Waals surface area contributed by atoms with Crippen LogP contribution in [0.15, 0.2) is 0 Å². The molecule has 0 N–H and O–H groups in total. The summed E-state index contributed by atoms with van der Waals surface area (Å²) in [5, 5.41) is 0. The van der Waals surface area contributed by atoms with Crippen LogP contribution in [0.2, 0.25) is 0 Å². The van der Waals surface area contributed by atoms with Gasteiger partial charge in [0.15, 0.2) is 0 Å². The van der Waals surface area contributed by atoms with Crippen LogP contribution in [0.5, 0.6) is 0 Å². The van der Waals surface area contributed by atoms with Gasteiger partial charge in [-0.15, -0.1) is 0 Å². The maximum atomic E-state index is 12.3. The molecule has 7 heteroatoms. The van der Waals surface area contributed by atoms with Crippen LogP contribution in [0.1, 0.15) is 38.5 Å². The molecule has 25 heavy (non-hydrogen) atoms. The number of ether oxygens (including phenoxy) is 3. The van der Waals surface area contributed by atoms with Gasteiger partial charge < -0.3 is 19.1 Å². The first-order valence-corrected chi connectivity index (χ1v) is 9.43. The van der Waals surface area contributed by atoms with E-state index in [-0.39, 0.29) is 23.6 Å². The van der Waals surface area contributed by atoms with E-state index in [1.807, 2.05) is 4.90 Å². The molecule has 1 spiro atoms. The third-order valence-corrected chi connectivity index (χ3v) is 5.53. The van der Waals surface area contributed by atoms with E-state index < -0.39 is 0 Å². The second kappa shape index (κ2) is 8.47. The molecular formula is C18H30N2O5. The first-order chi connectivity index (χ1) is 12.1. The number of cyclic esters (lactones) is 1. The molecule has 0 aromatic carbocycles. The highest BCUT2D eigenvalue weighted by molar-refractivity contribution is 5.76. The van der Waals surface area contributed by atoms with Crippen LogP contribution in [-0.4, -0.2) is 86.4 Å². The summed E-state index contributed by atoms with van der Waals surface area (Å²) < 4.78 is 16.6. The van der Waals surface area contributed by atoms with Gasteiger partial charge in [0.1, 0.15) is 6.10 Å². The van der Waals surface area contributed by atoms with Crippen molar-refractivity contribution >= 4 is 11.9 Å². The quantitative estimate of drug-likeness (QED) is 0.519. The Kier molecular flexibility index (Phi) is 6.30. The number of methoxy groups -OCH3 is 1. The minimum absolute atomic E-state index is 0.0451. The van der Waals surface area contributed by atoms with Crippen molar-refractivity contribution in [1.82, 2.24) is 9.80 Å². The Morgan fingerprint density at radius 3 is 2.72 bits per heavy atom. The van der Waals surface area contributed by atoms with Crippen molar-refractivity contribution in [3.05, 3.63) is 0 Å². The second-order valence-corrected chi connectivity index (χ2v) is 7.39. The van der Waals surface area contributed by atoms with Gasteiger partial charge in [-0.3, -0.25) is 14.5 Å². The predicted octanol–water partition coefficient (Wildman–Crippen LogP) is 0.812. The monoisotopic (exact) mass is 354 g/mol. The first kappa shape index (κ1) is 18.6. The van der Waals surface area contributed by atoms with Gasteiger partial charge >= 0.3 is 5.97 Å². The maximum Gasteiger partial charge on any atom is 0.306 e. The van der Waals surface area contributed by atoms with E-state index in [1.165, 1.54) is 0 Å². The Morgan fingerprint density at radius 1 is 1.24 bits per heavy atom. The molecule has 1 amide bonds. The molecule has 1 unspecified atom stereocenters. The van der Waals surface area contributed by atoms with E-state index in [1.54, 1.807) is 7.11 Å². The first-order valence-electron chi connectivity index (χ1n) is 9.43. The van der Waals surface area contributed by atoms with Crippen LogP contribution < -0.4 is 0 Å². The molecule has 1 atom stereocenters. The number of hydrogen-bond donors (Lipinski definition) is 0. The third kappa shape index (κ3) is 4.92. The molecule has 3 fully saturated rings. The summed E-state index contributed by atoms with van der Waals surface area (Å²) in [4.78, 5) is 27.9. The molecule has 3 aliphatic rings. The molecule has 0 aromatic heterocycles. The van der Waals surface area contributed by atoms with Gasteiger partial charge in [-0.1, -0.05) is 0 Å². The molecule has 0 saturated carbocycles. The Hall–Kier alpha value is -1.18. The Balaban J connectivity index is 1.51. The van der Waals surface area contributed by atoms with E-state index in [4.69, 9.17) is 14.2 Å². The molecule has 0 aromatic rings. The molecule has 0 bridgehead atoms. The van der Waals surface area contributed by atoms with Crippen LogP contribution in [0.25, 0.3) is 0 Å². The third-order valence-electron chi connectivity index (χ3n) is 5.53. The van der Waals surface area contributed by atoms with Crippen LogP contribution in [0.4, 0.5) is 0 Å². The number of likely N-dealkylation sites (tertiary alicyclic amines) is 1. The summed E-state index contributed by atoms with van der Waals surface area (Å²) in [5.74, 6) is 0.115. The van der Waals surface area contributed by atoms with Crippen molar-refractivity contribution in [2.24, 2.45) is 0 Å². The summed E-state index contributed by atoms with van der Waals surface area (Å²) >= 11 is 0. The van der Waals surface area contributed by atoms with Gasteiger partial charge in [-0.25, -0.2) is 0 Å². The van der Waals surface area contributed by atoms with E-state index in [0.29, 0.717) is 32.6 Å². The zero-order valence-corrected chi connectivity index (χ0v) is 15.2. The highest BCUT2D eigenvalue weighted by atomic mass is 16.5. The van der Waals surface area contributed by atoms with Crippen LogP contribution in [-0.2, 0) is 23.8 Å². The molecule has 0 aliphatic carbocycles. The fourth-order valence-corrected chi connectivity index (χ4v) is 4.04. The van der Waals surface area contributed by atoms with Gasteiger partial charge in [0.2, 0.25) is 5.91 Å². The number of piperidine rings is 1. The number of amides is 1. The molecule has 142 valence electrons. The van der Waals surface area contributed by atoms with Gasteiger partial charge in [0, 0.05) is 52.9 Å². The molecule has 3 rings (SSSR count). The number of carbonyl (C=O) groups is 2. The molecular weight excluding hydrogens is 324 g/mol. The minimum atomic E-state index is -0.220. The summed E-state index contributed by atoms with van der Waals surface area (Å²) in [6.07, 6.45) is 4.59. The largest absolute Gasteiger partial charge is 0.461 e. The summed E-state index contributed by atoms with van der Waals surface area (Å²) in [6.45, 7) is 5.27. The zero-order chi connectivity index (χ0) is 17.7. The van der Waals surface area contributed by atoms with E-state index in [2.05, 4.69) is 4.90 Å². The second-order valence-electron chi connectivity index (χ2n) is 7.39. The fraction of sp³-hybridized carbons (Fsp3) is 0.889. The number of esters is 1. The van der Waals surface area contributed by atoms with Gasteiger partial charge in [0.05, 0.1) is 18.6 Å². The Morgan fingerprint density at radius 2 is 2.04 bits per heavy atom. The van der Waals surface area contributed by atoms with Crippen molar-refractivity contribution in [1.29, 1.82) is 0 Å². The topological polar surface area (TPSA) is 68.3 Å². The lowest BCUT2D eigenvalue weighted by Crippen LogP contribution is -2.53. The van der Waals surface area contributed by atoms with Crippen molar-refractivity contribution in [3.8, 4) is 0 Å². The molecule has 3 saturated heterocycles. The summed E-state index contributed by atoms with van der Waals surface area (Å²) in [7, 11) is 1.69. The van der Waals surface area contributed by atoms with Crippen LogP contribution >= 0.6 is 0 Å². The van der Waals surface area contributed by atoms with Crippen molar-refractivity contribution in [2.45, 2.75) is 50.2 Å². The maximum absolute atomic E-state index is 12.3. The average Bonchev–Trinajstić information content (AvgIpc) is 2.94. The van der Waals surface area contributed by atoms with Crippen LogP contribution in [0, 0.1) is 0 Å². The Labute approximate surface area is 149 Å². The minimum Gasteiger partial charge on any atom is -0.461 e. The zero-order valence-electron chi connectivity index (χ0n) is 15.2.